The number of carbonyl (C=O) groups is 1. The summed E-state index contributed by atoms with van der Waals surface area (Å²) in [5.41, 5.74) is 2.36. The van der Waals surface area contributed by atoms with Crippen LogP contribution in [0.1, 0.15) is 40.7 Å². The Morgan fingerprint density at radius 2 is 2.38 bits per heavy atom. The Morgan fingerprint density at radius 1 is 1.52 bits per heavy atom. The molecule has 1 amide bonds. The number of aryl methyl sites for hydroxylation is 1. The highest BCUT2D eigenvalue weighted by Gasteiger charge is 2.26. The van der Waals surface area contributed by atoms with Crippen LogP contribution >= 0.6 is 11.6 Å². The van der Waals surface area contributed by atoms with Crippen LogP contribution in [0.2, 0.25) is 5.02 Å². The Kier molecular flexibility index (Phi) is 3.97. The van der Waals surface area contributed by atoms with E-state index < -0.39 is 0 Å². The molecule has 0 aliphatic heterocycles. The summed E-state index contributed by atoms with van der Waals surface area (Å²) in [6, 6.07) is 7.43. The lowest BCUT2D eigenvalue weighted by Gasteiger charge is -2.16. The van der Waals surface area contributed by atoms with Crippen molar-refractivity contribution in [3.63, 3.8) is 0 Å². The number of carbonyl (C=O) groups excluding carboxylic acids is 1. The van der Waals surface area contributed by atoms with Crippen LogP contribution in [-0.4, -0.2) is 11.1 Å². The van der Waals surface area contributed by atoms with Gasteiger partial charge in [0.15, 0.2) is 5.69 Å². The first-order valence-corrected chi connectivity index (χ1v) is 7.51. The molecule has 0 unspecified atom stereocenters. The monoisotopic (exact) mass is 304 g/mol. The molecule has 0 bridgehead atoms. The van der Waals surface area contributed by atoms with Crippen LogP contribution in [0.5, 0.6) is 0 Å². The second-order valence-electron chi connectivity index (χ2n) is 5.59. The van der Waals surface area contributed by atoms with Crippen molar-refractivity contribution in [2.45, 2.75) is 32.7 Å². The predicted octanol–water partition coefficient (Wildman–Crippen LogP) is 3.38. The van der Waals surface area contributed by atoms with Crippen molar-refractivity contribution in [3.8, 4) is 0 Å². The molecular weight excluding hydrogens is 288 g/mol. The highest BCUT2D eigenvalue weighted by atomic mass is 35.5. The molecule has 3 rings (SSSR count). The van der Waals surface area contributed by atoms with E-state index in [1.807, 2.05) is 24.3 Å². The maximum Gasteiger partial charge on any atom is 0.274 e. The van der Waals surface area contributed by atoms with Crippen LogP contribution < -0.4 is 5.32 Å². The zero-order valence-corrected chi connectivity index (χ0v) is 12.6. The van der Waals surface area contributed by atoms with Gasteiger partial charge in [-0.1, -0.05) is 35.8 Å². The minimum atomic E-state index is -0.186. The molecule has 0 radical (unpaired) electrons. The van der Waals surface area contributed by atoms with Gasteiger partial charge in [0, 0.05) is 23.6 Å². The molecule has 0 fully saturated rings. The summed E-state index contributed by atoms with van der Waals surface area (Å²) in [7, 11) is 0. The van der Waals surface area contributed by atoms with Gasteiger partial charge in [-0.3, -0.25) is 4.79 Å². The number of benzene rings is 1. The highest BCUT2D eigenvalue weighted by Crippen LogP contribution is 2.27. The summed E-state index contributed by atoms with van der Waals surface area (Å²) >= 11 is 5.93. The lowest BCUT2D eigenvalue weighted by atomic mass is 9.88. The number of nitrogens with zero attached hydrogens (tertiary/aromatic N) is 1. The van der Waals surface area contributed by atoms with Gasteiger partial charge in [-0.05, 0) is 36.5 Å². The standard InChI is InChI=1S/C16H17ClN2O2/c1-10-5-6-14-13(7-10)15(19-21-14)16(20)18-9-11-3-2-4-12(17)8-11/h2-4,8,10H,5-7,9H2,1H3,(H,18,20)/t10-/m1/s1. The summed E-state index contributed by atoms with van der Waals surface area (Å²) < 4.78 is 5.30. The Labute approximate surface area is 128 Å². The number of hydrogen-bond donors (Lipinski definition) is 1. The third-order valence-corrected chi connectivity index (χ3v) is 4.08. The zero-order chi connectivity index (χ0) is 14.8. The van der Waals surface area contributed by atoms with Gasteiger partial charge in [0.05, 0.1) is 0 Å². The third-order valence-electron chi connectivity index (χ3n) is 3.84. The van der Waals surface area contributed by atoms with Crippen LogP contribution in [-0.2, 0) is 19.4 Å². The van der Waals surface area contributed by atoms with E-state index in [1.54, 1.807) is 0 Å². The molecule has 110 valence electrons. The van der Waals surface area contributed by atoms with E-state index in [4.69, 9.17) is 16.1 Å². The summed E-state index contributed by atoms with van der Waals surface area (Å²) in [5, 5.41) is 7.48. The maximum atomic E-state index is 12.3. The van der Waals surface area contributed by atoms with Gasteiger partial charge in [-0.25, -0.2) is 0 Å². The van der Waals surface area contributed by atoms with Gasteiger partial charge in [0.2, 0.25) is 0 Å². The van der Waals surface area contributed by atoms with Gasteiger partial charge in [0.25, 0.3) is 5.91 Å². The molecule has 2 aromatic rings. The van der Waals surface area contributed by atoms with Gasteiger partial charge in [-0.15, -0.1) is 0 Å². The Bertz CT molecular complexity index is 666. The number of aromatic nitrogens is 1. The molecular formula is C16H17ClN2O2. The maximum absolute atomic E-state index is 12.3. The summed E-state index contributed by atoms with van der Waals surface area (Å²) in [6.45, 7) is 2.61. The lowest BCUT2D eigenvalue weighted by Crippen LogP contribution is -2.25. The zero-order valence-electron chi connectivity index (χ0n) is 11.9. The molecule has 0 saturated heterocycles. The largest absolute Gasteiger partial charge is 0.360 e. The van der Waals surface area contributed by atoms with E-state index in [1.165, 1.54) is 0 Å². The van der Waals surface area contributed by atoms with Crippen molar-refractivity contribution >= 4 is 17.5 Å². The summed E-state index contributed by atoms with van der Waals surface area (Å²) in [5.74, 6) is 1.24. The molecule has 1 aromatic heterocycles. The number of halogens is 1. The Hall–Kier alpha value is -1.81. The summed E-state index contributed by atoms with van der Waals surface area (Å²) in [6.07, 6.45) is 2.82. The van der Waals surface area contributed by atoms with E-state index in [-0.39, 0.29) is 5.91 Å². The minimum Gasteiger partial charge on any atom is -0.360 e. The van der Waals surface area contributed by atoms with Crippen molar-refractivity contribution in [3.05, 3.63) is 51.9 Å². The molecule has 1 aromatic carbocycles. The fourth-order valence-corrected chi connectivity index (χ4v) is 2.88. The Morgan fingerprint density at radius 3 is 3.19 bits per heavy atom. The molecule has 1 aliphatic carbocycles. The number of hydrogen-bond acceptors (Lipinski definition) is 3. The van der Waals surface area contributed by atoms with Crippen molar-refractivity contribution in [2.75, 3.05) is 0 Å². The van der Waals surface area contributed by atoms with E-state index in [2.05, 4.69) is 17.4 Å². The first-order chi connectivity index (χ1) is 10.1. The molecule has 21 heavy (non-hydrogen) atoms. The van der Waals surface area contributed by atoms with E-state index in [9.17, 15) is 4.79 Å². The van der Waals surface area contributed by atoms with Gasteiger partial charge in [-0.2, -0.15) is 0 Å². The van der Waals surface area contributed by atoms with Crippen LogP contribution in [0.25, 0.3) is 0 Å². The van der Waals surface area contributed by atoms with Gasteiger partial charge < -0.3 is 9.84 Å². The molecule has 1 heterocycles. The lowest BCUT2D eigenvalue weighted by molar-refractivity contribution is 0.0941. The minimum absolute atomic E-state index is 0.186. The van der Waals surface area contributed by atoms with Crippen LogP contribution in [0, 0.1) is 5.92 Å². The van der Waals surface area contributed by atoms with E-state index in [0.717, 1.165) is 36.1 Å². The van der Waals surface area contributed by atoms with Crippen LogP contribution in [0.15, 0.2) is 28.8 Å². The molecule has 1 N–H and O–H groups in total. The predicted molar refractivity (Wildman–Crippen MR) is 80.3 cm³/mol. The average molecular weight is 305 g/mol. The fraction of sp³-hybridized carbons (Fsp3) is 0.375. The normalized spacial score (nSPS) is 17.3. The number of fused-ring (bicyclic) bond motifs is 1. The molecule has 0 saturated carbocycles. The Balaban J connectivity index is 1.70. The van der Waals surface area contributed by atoms with Crippen molar-refractivity contribution in [1.82, 2.24) is 10.5 Å². The molecule has 0 spiro atoms. The first-order valence-electron chi connectivity index (χ1n) is 7.13. The fourth-order valence-electron chi connectivity index (χ4n) is 2.67. The molecule has 1 atom stereocenters. The SMILES string of the molecule is C[C@@H]1CCc2onc(C(=O)NCc3cccc(Cl)c3)c2C1. The quantitative estimate of drug-likeness (QED) is 0.945. The molecule has 4 nitrogen and oxygen atoms in total. The number of nitrogens with one attached hydrogen (secondary N) is 1. The first kappa shape index (κ1) is 14.1. The summed E-state index contributed by atoms with van der Waals surface area (Å²) in [4.78, 5) is 12.3. The van der Waals surface area contributed by atoms with E-state index in [0.29, 0.717) is 23.2 Å². The number of amides is 1. The average Bonchev–Trinajstić information content (AvgIpc) is 2.88. The second kappa shape index (κ2) is 5.90. The van der Waals surface area contributed by atoms with Crippen LogP contribution in [0.4, 0.5) is 0 Å². The second-order valence-corrected chi connectivity index (χ2v) is 6.03. The topological polar surface area (TPSA) is 55.1 Å². The van der Waals surface area contributed by atoms with Gasteiger partial charge >= 0.3 is 0 Å². The third kappa shape index (κ3) is 3.10. The van der Waals surface area contributed by atoms with Gasteiger partial charge in [0.1, 0.15) is 5.76 Å². The van der Waals surface area contributed by atoms with Crippen molar-refractivity contribution < 1.29 is 9.32 Å². The molecule has 5 heteroatoms. The van der Waals surface area contributed by atoms with Crippen LogP contribution in [0.3, 0.4) is 0 Å². The van der Waals surface area contributed by atoms with E-state index >= 15 is 0 Å². The smallest absolute Gasteiger partial charge is 0.274 e. The highest BCUT2D eigenvalue weighted by molar-refractivity contribution is 6.30. The number of rotatable bonds is 3. The van der Waals surface area contributed by atoms with Crippen molar-refractivity contribution in [1.29, 1.82) is 0 Å². The van der Waals surface area contributed by atoms with Crippen molar-refractivity contribution in [2.24, 2.45) is 5.92 Å². The molecule has 1 aliphatic rings.